The van der Waals surface area contributed by atoms with Crippen LogP contribution in [0.5, 0.6) is 0 Å². The molecule has 0 spiro atoms. The number of benzene rings is 13. The predicted molar refractivity (Wildman–Crippen MR) is 198 cm³/mol. The Hall–Kier alpha value is -6.99. The van der Waals surface area contributed by atoms with Crippen molar-refractivity contribution in [2.45, 2.75) is 0 Å². The lowest BCUT2D eigenvalue weighted by Crippen LogP contribution is -2.01. The lowest BCUT2D eigenvalue weighted by molar-refractivity contribution is 1.50. The van der Waals surface area contributed by atoms with Crippen molar-refractivity contribution >= 4 is 129 Å². The van der Waals surface area contributed by atoms with Gasteiger partial charge in [0.1, 0.15) is 0 Å². The molecule has 13 rings (SSSR count). The molecule has 0 N–H and O–H groups in total. The lowest BCUT2D eigenvalue weighted by atomic mass is 9.73. The first-order chi connectivity index (χ1) is 23.7. The van der Waals surface area contributed by atoms with Crippen molar-refractivity contribution in [3.63, 3.8) is 0 Å². The second-order valence-electron chi connectivity index (χ2n) is 13.6. The summed E-state index contributed by atoms with van der Waals surface area (Å²) in [5.41, 5.74) is 1.91. The summed E-state index contributed by atoms with van der Waals surface area (Å²) in [5, 5.41) is 59.1. The molecule has 0 aliphatic heterocycles. The van der Waals surface area contributed by atoms with E-state index in [4.69, 9.17) is 0 Å². The van der Waals surface area contributed by atoms with Crippen LogP contribution in [-0.4, -0.2) is 0 Å². The van der Waals surface area contributed by atoms with E-state index in [0.717, 1.165) is 64.6 Å². The van der Waals surface area contributed by atoms with Gasteiger partial charge < -0.3 is 0 Å². The average molecular weight is 598 g/mol. The standard InChI is InChI=1S/C45H15N3/c46-16-19-10-28-22-4-1-5-23-29-11-20(17-47)13-31-25-7-3-9-27-33-15-21(18-48)14-32-26-8-2-6-24-30(12-19)37(28)43-40(34(22)23)44(38(29)31)42(36(25)27)45(39(32)33)41(43)35(24)26/h1-15H. The molecular formula is C45H15N3. The monoisotopic (exact) mass is 597 g/mol. The van der Waals surface area contributed by atoms with Crippen molar-refractivity contribution in [2.24, 2.45) is 0 Å². The minimum atomic E-state index is 0.638. The third-order valence-corrected chi connectivity index (χ3v) is 11.7. The van der Waals surface area contributed by atoms with Crippen LogP contribution in [0.3, 0.4) is 0 Å². The third-order valence-electron chi connectivity index (χ3n) is 11.7. The van der Waals surface area contributed by atoms with Gasteiger partial charge in [-0.05, 0) is 166 Å². The summed E-state index contributed by atoms with van der Waals surface area (Å²) in [6.07, 6.45) is 0. The molecule has 3 nitrogen and oxygen atoms in total. The highest BCUT2D eigenvalue weighted by molar-refractivity contribution is 6.61. The van der Waals surface area contributed by atoms with Crippen molar-refractivity contribution in [1.29, 1.82) is 15.8 Å². The topological polar surface area (TPSA) is 71.4 Å². The Bertz CT molecular complexity index is 3170. The fourth-order valence-corrected chi connectivity index (χ4v) is 10.3. The van der Waals surface area contributed by atoms with E-state index in [1.165, 1.54) is 64.6 Å². The Labute approximate surface area is 270 Å². The molecule has 3 heteroatoms. The lowest BCUT2D eigenvalue weighted by Gasteiger charge is -2.29. The molecule has 0 unspecified atom stereocenters. The summed E-state index contributed by atoms with van der Waals surface area (Å²) < 4.78 is 0. The summed E-state index contributed by atoms with van der Waals surface area (Å²) in [4.78, 5) is 0. The van der Waals surface area contributed by atoms with E-state index >= 15 is 0 Å². The quantitative estimate of drug-likeness (QED) is 0.129. The van der Waals surface area contributed by atoms with Gasteiger partial charge in [0.25, 0.3) is 0 Å². The van der Waals surface area contributed by atoms with Crippen LogP contribution < -0.4 is 0 Å². The molecule has 13 aromatic rings. The molecule has 210 valence electrons. The fraction of sp³-hybridized carbons (Fsp3) is 0. The fourth-order valence-electron chi connectivity index (χ4n) is 10.3. The summed E-state index contributed by atoms with van der Waals surface area (Å²) >= 11 is 0. The van der Waals surface area contributed by atoms with Gasteiger partial charge in [-0.3, -0.25) is 0 Å². The molecular weight excluding hydrogens is 583 g/mol. The molecule has 0 bridgehead atoms. The van der Waals surface area contributed by atoms with Crippen LogP contribution in [0.25, 0.3) is 129 Å². The van der Waals surface area contributed by atoms with Crippen LogP contribution in [0.4, 0.5) is 0 Å². The molecule has 0 aliphatic rings. The maximum absolute atomic E-state index is 10.3. The normalized spacial score (nSPS) is 12.9. The smallest absolute Gasteiger partial charge is 0.0992 e. The first-order valence-corrected chi connectivity index (χ1v) is 16.1. The number of hydrogen-bond acceptors (Lipinski definition) is 3. The molecule has 0 atom stereocenters. The molecule has 0 aromatic heterocycles. The number of rotatable bonds is 0. The summed E-state index contributed by atoms with van der Waals surface area (Å²) in [6, 6.07) is 39.5. The minimum absolute atomic E-state index is 0.638. The van der Waals surface area contributed by atoms with Gasteiger partial charge in [0.15, 0.2) is 0 Å². The summed E-state index contributed by atoms with van der Waals surface area (Å²) in [6.45, 7) is 0. The SMILES string of the molecule is N#Cc1cc2c3cccc4c5cc(C#N)cc6c7cccc8c9cc(C#N)cc%10c%11cccc%12c(c1)c2c1c(c34)c(c56)c(c78)c(c%109)c1c%12%11. The van der Waals surface area contributed by atoms with E-state index in [0.29, 0.717) is 16.7 Å². The van der Waals surface area contributed by atoms with Crippen molar-refractivity contribution < 1.29 is 0 Å². The van der Waals surface area contributed by atoms with Crippen LogP contribution in [0.1, 0.15) is 16.7 Å². The summed E-state index contributed by atoms with van der Waals surface area (Å²) in [7, 11) is 0. The first-order valence-electron chi connectivity index (χ1n) is 16.1. The van der Waals surface area contributed by atoms with Crippen LogP contribution >= 0.6 is 0 Å². The Balaban J connectivity index is 1.59. The largest absolute Gasteiger partial charge is 0.192 e. The molecule has 0 radical (unpaired) electrons. The van der Waals surface area contributed by atoms with Gasteiger partial charge in [-0.2, -0.15) is 15.8 Å². The minimum Gasteiger partial charge on any atom is -0.192 e. The van der Waals surface area contributed by atoms with Gasteiger partial charge in [0.05, 0.1) is 34.9 Å². The number of fused-ring (bicyclic) bond motifs is 6. The van der Waals surface area contributed by atoms with E-state index in [1.807, 2.05) is 0 Å². The molecule has 0 heterocycles. The Morgan fingerprint density at radius 2 is 0.438 bits per heavy atom. The highest BCUT2D eigenvalue weighted by Gasteiger charge is 2.31. The zero-order chi connectivity index (χ0) is 31.3. The van der Waals surface area contributed by atoms with Crippen molar-refractivity contribution in [1.82, 2.24) is 0 Å². The van der Waals surface area contributed by atoms with E-state index in [1.54, 1.807) is 0 Å². The van der Waals surface area contributed by atoms with Crippen LogP contribution in [0.15, 0.2) is 91.0 Å². The van der Waals surface area contributed by atoms with Crippen molar-refractivity contribution in [3.8, 4) is 18.2 Å². The van der Waals surface area contributed by atoms with E-state index < -0.39 is 0 Å². The molecule has 0 aliphatic carbocycles. The van der Waals surface area contributed by atoms with Gasteiger partial charge in [0, 0.05) is 0 Å². The zero-order valence-corrected chi connectivity index (χ0v) is 25.0. The second kappa shape index (κ2) is 7.19. The number of hydrogen-bond donors (Lipinski definition) is 0. The van der Waals surface area contributed by atoms with Gasteiger partial charge in [0.2, 0.25) is 0 Å². The summed E-state index contributed by atoms with van der Waals surface area (Å²) in [5.74, 6) is 0. The van der Waals surface area contributed by atoms with E-state index in [-0.39, 0.29) is 0 Å². The van der Waals surface area contributed by atoms with Crippen LogP contribution in [0.2, 0.25) is 0 Å². The van der Waals surface area contributed by atoms with Crippen LogP contribution in [-0.2, 0) is 0 Å². The maximum atomic E-state index is 10.3. The molecule has 13 aromatic carbocycles. The number of nitriles is 3. The van der Waals surface area contributed by atoms with Crippen LogP contribution in [0, 0.1) is 34.0 Å². The van der Waals surface area contributed by atoms with E-state index in [2.05, 4.69) is 109 Å². The highest BCUT2D eigenvalue weighted by Crippen LogP contribution is 2.60. The second-order valence-corrected chi connectivity index (χ2v) is 13.6. The predicted octanol–water partition coefficient (Wildman–Crippen LogP) is 11.8. The average Bonchev–Trinajstić information content (AvgIpc) is 3.14. The van der Waals surface area contributed by atoms with Gasteiger partial charge in [-0.15, -0.1) is 0 Å². The van der Waals surface area contributed by atoms with Crippen molar-refractivity contribution in [3.05, 3.63) is 108 Å². The molecule has 0 amide bonds. The molecule has 0 saturated carbocycles. The van der Waals surface area contributed by atoms with Gasteiger partial charge in [-0.1, -0.05) is 54.6 Å². The Morgan fingerprint density at radius 1 is 0.250 bits per heavy atom. The zero-order valence-electron chi connectivity index (χ0n) is 25.0. The Morgan fingerprint density at radius 3 is 0.625 bits per heavy atom. The van der Waals surface area contributed by atoms with Gasteiger partial charge >= 0.3 is 0 Å². The molecule has 0 fully saturated rings. The maximum Gasteiger partial charge on any atom is 0.0992 e. The first kappa shape index (κ1) is 23.4. The molecule has 48 heavy (non-hydrogen) atoms. The van der Waals surface area contributed by atoms with E-state index in [9.17, 15) is 15.8 Å². The number of nitrogens with zero attached hydrogens (tertiary/aromatic N) is 3. The van der Waals surface area contributed by atoms with Crippen molar-refractivity contribution in [2.75, 3.05) is 0 Å². The van der Waals surface area contributed by atoms with Gasteiger partial charge in [-0.25, -0.2) is 0 Å². The Kier molecular flexibility index (Phi) is 3.50. The molecule has 0 saturated heterocycles. The third kappa shape index (κ3) is 2.17. The highest BCUT2D eigenvalue weighted by atomic mass is 14.3.